The summed E-state index contributed by atoms with van der Waals surface area (Å²) in [6.45, 7) is 1.20. The fraction of sp³-hybridized carbons (Fsp3) is 0.211. The van der Waals surface area contributed by atoms with E-state index in [1.54, 1.807) is 31.2 Å². The molecule has 0 aliphatic carbocycles. The van der Waals surface area contributed by atoms with Gasteiger partial charge >= 0.3 is 5.97 Å². The SMILES string of the molecule is C[C@H]1CC(=O)Nc2ccccc2N1C(=O)COC(=O)c1ccc(F)cc1N. The van der Waals surface area contributed by atoms with Crippen molar-refractivity contribution in [3.63, 3.8) is 0 Å². The van der Waals surface area contributed by atoms with Crippen molar-refractivity contribution in [2.75, 3.05) is 22.6 Å². The summed E-state index contributed by atoms with van der Waals surface area (Å²) in [4.78, 5) is 38.3. The molecule has 3 rings (SSSR count). The molecule has 2 aromatic carbocycles. The lowest BCUT2D eigenvalue weighted by Gasteiger charge is -2.27. The number of hydrogen-bond donors (Lipinski definition) is 2. The van der Waals surface area contributed by atoms with E-state index in [1.165, 1.54) is 11.0 Å². The Balaban J connectivity index is 1.77. The molecule has 0 spiro atoms. The van der Waals surface area contributed by atoms with Crippen LogP contribution in [-0.2, 0) is 14.3 Å². The second-order valence-corrected chi connectivity index (χ2v) is 6.19. The van der Waals surface area contributed by atoms with Gasteiger partial charge in [-0.25, -0.2) is 9.18 Å². The first-order valence-electron chi connectivity index (χ1n) is 8.30. The zero-order valence-electron chi connectivity index (χ0n) is 14.6. The van der Waals surface area contributed by atoms with Crippen molar-refractivity contribution < 1.29 is 23.5 Å². The lowest BCUT2D eigenvalue weighted by Crippen LogP contribution is -2.41. The van der Waals surface area contributed by atoms with Crippen LogP contribution < -0.4 is 16.0 Å². The Kier molecular flexibility index (Phi) is 5.07. The summed E-state index contributed by atoms with van der Waals surface area (Å²) in [6, 6.07) is 9.75. The molecule has 3 N–H and O–H groups in total. The highest BCUT2D eigenvalue weighted by atomic mass is 19.1. The van der Waals surface area contributed by atoms with Crippen molar-refractivity contribution in [3.05, 3.63) is 53.8 Å². The summed E-state index contributed by atoms with van der Waals surface area (Å²) in [5.41, 5.74) is 6.55. The molecule has 0 aromatic heterocycles. The van der Waals surface area contributed by atoms with Gasteiger partial charge in [0.15, 0.2) is 6.61 Å². The van der Waals surface area contributed by atoms with Crippen LogP contribution in [0.25, 0.3) is 0 Å². The lowest BCUT2D eigenvalue weighted by molar-refractivity contribution is -0.122. The number of ether oxygens (including phenoxy) is 1. The zero-order valence-corrected chi connectivity index (χ0v) is 14.6. The number of nitrogens with two attached hydrogens (primary N) is 1. The van der Waals surface area contributed by atoms with Gasteiger partial charge in [-0.2, -0.15) is 0 Å². The molecule has 0 radical (unpaired) electrons. The number of carbonyl (C=O) groups is 3. The molecule has 2 aromatic rings. The summed E-state index contributed by atoms with van der Waals surface area (Å²) in [5.74, 6) is -2.10. The number of benzene rings is 2. The number of anilines is 3. The van der Waals surface area contributed by atoms with Crippen LogP contribution in [0.15, 0.2) is 42.5 Å². The van der Waals surface area contributed by atoms with E-state index in [2.05, 4.69) is 5.32 Å². The van der Waals surface area contributed by atoms with E-state index >= 15 is 0 Å². The summed E-state index contributed by atoms with van der Waals surface area (Å²) < 4.78 is 18.2. The van der Waals surface area contributed by atoms with Crippen molar-refractivity contribution >= 4 is 34.8 Å². The Morgan fingerprint density at radius 2 is 2.04 bits per heavy atom. The van der Waals surface area contributed by atoms with Crippen LogP contribution in [0.2, 0.25) is 0 Å². The van der Waals surface area contributed by atoms with Gasteiger partial charge in [0.05, 0.1) is 16.9 Å². The molecule has 1 atom stereocenters. The topological polar surface area (TPSA) is 102 Å². The Morgan fingerprint density at radius 1 is 1.30 bits per heavy atom. The molecule has 1 aliphatic rings. The number of carbonyl (C=O) groups excluding carboxylic acids is 3. The minimum Gasteiger partial charge on any atom is -0.452 e. The monoisotopic (exact) mass is 371 g/mol. The molecule has 8 heteroatoms. The molecular formula is C19H18FN3O4. The predicted octanol–water partition coefficient (Wildman–Crippen LogP) is 2.33. The van der Waals surface area contributed by atoms with Crippen LogP contribution in [0.4, 0.5) is 21.5 Å². The van der Waals surface area contributed by atoms with Gasteiger partial charge in [0.2, 0.25) is 5.91 Å². The number of rotatable bonds is 3. The Hall–Kier alpha value is -3.42. The number of esters is 1. The third kappa shape index (κ3) is 3.89. The number of amides is 2. The van der Waals surface area contributed by atoms with Gasteiger partial charge in [-0.05, 0) is 37.3 Å². The van der Waals surface area contributed by atoms with Crippen molar-refractivity contribution in [3.8, 4) is 0 Å². The van der Waals surface area contributed by atoms with Crippen LogP contribution in [0, 0.1) is 5.82 Å². The van der Waals surface area contributed by atoms with E-state index in [0.717, 1.165) is 12.1 Å². The fourth-order valence-electron chi connectivity index (χ4n) is 2.96. The highest BCUT2D eigenvalue weighted by molar-refractivity contribution is 6.05. The van der Waals surface area contributed by atoms with Gasteiger partial charge < -0.3 is 20.7 Å². The van der Waals surface area contributed by atoms with Gasteiger partial charge in [0.25, 0.3) is 5.91 Å². The largest absolute Gasteiger partial charge is 0.452 e. The number of hydrogen-bond acceptors (Lipinski definition) is 5. The van der Waals surface area contributed by atoms with Crippen molar-refractivity contribution in [1.82, 2.24) is 0 Å². The number of nitrogens with one attached hydrogen (secondary N) is 1. The zero-order chi connectivity index (χ0) is 19.6. The van der Waals surface area contributed by atoms with Gasteiger partial charge in [-0.3, -0.25) is 9.59 Å². The molecule has 0 unspecified atom stereocenters. The average Bonchev–Trinajstić information content (AvgIpc) is 2.73. The van der Waals surface area contributed by atoms with Crippen LogP contribution in [0.3, 0.4) is 0 Å². The molecule has 0 saturated carbocycles. The third-order valence-corrected chi connectivity index (χ3v) is 4.19. The quantitative estimate of drug-likeness (QED) is 0.637. The average molecular weight is 371 g/mol. The first-order chi connectivity index (χ1) is 12.9. The number of halogens is 1. The maximum absolute atomic E-state index is 13.1. The second-order valence-electron chi connectivity index (χ2n) is 6.19. The van der Waals surface area contributed by atoms with Crippen LogP contribution in [-0.4, -0.2) is 30.4 Å². The fourth-order valence-corrected chi connectivity index (χ4v) is 2.96. The molecule has 140 valence electrons. The van der Waals surface area contributed by atoms with Crippen LogP contribution >= 0.6 is 0 Å². The third-order valence-electron chi connectivity index (χ3n) is 4.19. The standard InChI is InChI=1S/C19H18FN3O4/c1-11-8-17(24)22-15-4-2-3-5-16(15)23(11)18(25)10-27-19(26)13-7-6-12(20)9-14(13)21/h2-7,9,11H,8,10,21H2,1H3,(H,22,24)/t11-/m0/s1. The van der Waals surface area contributed by atoms with Gasteiger partial charge in [-0.15, -0.1) is 0 Å². The van der Waals surface area contributed by atoms with E-state index in [0.29, 0.717) is 11.4 Å². The molecule has 0 fully saturated rings. The molecule has 2 amide bonds. The van der Waals surface area contributed by atoms with Crippen LogP contribution in [0.1, 0.15) is 23.7 Å². The number of fused-ring (bicyclic) bond motifs is 1. The first kappa shape index (κ1) is 18.4. The normalized spacial score (nSPS) is 16.1. The smallest absolute Gasteiger partial charge is 0.340 e. The molecule has 1 heterocycles. The van der Waals surface area contributed by atoms with Gasteiger partial charge in [0, 0.05) is 18.2 Å². The minimum atomic E-state index is -0.828. The van der Waals surface area contributed by atoms with E-state index in [-0.39, 0.29) is 23.6 Å². The summed E-state index contributed by atoms with van der Waals surface area (Å²) in [5, 5.41) is 2.75. The van der Waals surface area contributed by atoms with E-state index < -0.39 is 30.3 Å². The molecule has 0 bridgehead atoms. The first-order valence-corrected chi connectivity index (χ1v) is 8.30. The van der Waals surface area contributed by atoms with Crippen LogP contribution in [0.5, 0.6) is 0 Å². The summed E-state index contributed by atoms with van der Waals surface area (Å²) >= 11 is 0. The number of para-hydroxylation sites is 2. The van der Waals surface area contributed by atoms with Crippen molar-refractivity contribution in [2.45, 2.75) is 19.4 Å². The van der Waals surface area contributed by atoms with E-state index in [4.69, 9.17) is 10.5 Å². The molecule has 1 aliphatic heterocycles. The highest BCUT2D eigenvalue weighted by Crippen LogP contribution is 2.31. The Morgan fingerprint density at radius 3 is 2.78 bits per heavy atom. The lowest BCUT2D eigenvalue weighted by atomic mass is 10.1. The summed E-state index contributed by atoms with van der Waals surface area (Å²) in [7, 11) is 0. The van der Waals surface area contributed by atoms with E-state index in [1.807, 2.05) is 0 Å². The van der Waals surface area contributed by atoms with Crippen molar-refractivity contribution in [1.29, 1.82) is 0 Å². The van der Waals surface area contributed by atoms with E-state index in [9.17, 15) is 18.8 Å². The second kappa shape index (κ2) is 7.45. The van der Waals surface area contributed by atoms with Crippen molar-refractivity contribution in [2.24, 2.45) is 0 Å². The highest BCUT2D eigenvalue weighted by Gasteiger charge is 2.30. The molecule has 0 saturated heterocycles. The molecule has 27 heavy (non-hydrogen) atoms. The number of nitrogen functional groups attached to an aromatic ring is 1. The van der Waals surface area contributed by atoms with Gasteiger partial charge in [0.1, 0.15) is 5.82 Å². The summed E-state index contributed by atoms with van der Waals surface area (Å²) in [6.07, 6.45) is 0.110. The number of nitrogens with zero attached hydrogens (tertiary/aromatic N) is 1. The molecular weight excluding hydrogens is 353 g/mol. The maximum Gasteiger partial charge on any atom is 0.340 e. The predicted molar refractivity (Wildman–Crippen MR) is 97.7 cm³/mol. The van der Waals surface area contributed by atoms with Gasteiger partial charge in [-0.1, -0.05) is 12.1 Å². The Bertz CT molecular complexity index is 916. The minimum absolute atomic E-state index is 0.0228. The Labute approximate surface area is 154 Å². The maximum atomic E-state index is 13.1. The molecule has 7 nitrogen and oxygen atoms in total.